The molecule has 1 rings (SSSR count). The van der Waals surface area contributed by atoms with Gasteiger partial charge in [-0.3, -0.25) is 0 Å². The van der Waals surface area contributed by atoms with Crippen molar-refractivity contribution < 1.29 is 0 Å². The SMILES string of the molecule is Cc1cc(Br)nc(Br)c1N. The average molecular weight is 266 g/mol. The molecule has 0 saturated heterocycles. The Kier molecular flexibility index (Phi) is 2.31. The monoisotopic (exact) mass is 264 g/mol. The van der Waals surface area contributed by atoms with E-state index >= 15 is 0 Å². The van der Waals surface area contributed by atoms with Crippen LogP contribution in [0.25, 0.3) is 0 Å². The van der Waals surface area contributed by atoms with E-state index in [9.17, 15) is 0 Å². The maximum absolute atomic E-state index is 5.62. The molecule has 0 atom stereocenters. The Morgan fingerprint density at radius 2 is 2.10 bits per heavy atom. The summed E-state index contributed by atoms with van der Waals surface area (Å²) in [5, 5.41) is 0. The van der Waals surface area contributed by atoms with Gasteiger partial charge in [0.2, 0.25) is 0 Å². The molecule has 0 amide bonds. The number of rotatable bonds is 0. The standard InChI is InChI=1S/C6H6Br2N2/c1-3-2-4(7)10-6(8)5(3)9/h2H,9H2,1H3. The Morgan fingerprint density at radius 1 is 1.50 bits per heavy atom. The lowest BCUT2D eigenvalue weighted by molar-refractivity contribution is 1.21. The van der Waals surface area contributed by atoms with E-state index < -0.39 is 0 Å². The molecular weight excluding hydrogens is 260 g/mol. The van der Waals surface area contributed by atoms with Gasteiger partial charge in [-0.15, -0.1) is 0 Å². The van der Waals surface area contributed by atoms with E-state index in [1.54, 1.807) is 0 Å². The summed E-state index contributed by atoms with van der Waals surface area (Å²) in [4.78, 5) is 4.04. The second-order valence-electron chi connectivity index (χ2n) is 1.97. The summed E-state index contributed by atoms with van der Waals surface area (Å²) in [6.45, 7) is 1.94. The average Bonchev–Trinajstić information content (AvgIpc) is 1.82. The van der Waals surface area contributed by atoms with Crippen molar-refractivity contribution in [2.75, 3.05) is 5.73 Å². The third-order valence-electron chi connectivity index (χ3n) is 1.19. The number of nitrogens with two attached hydrogens (primary N) is 1. The molecule has 2 N–H and O–H groups in total. The molecule has 0 aliphatic carbocycles. The second-order valence-corrected chi connectivity index (χ2v) is 3.53. The van der Waals surface area contributed by atoms with Crippen LogP contribution in [0, 0.1) is 6.92 Å². The van der Waals surface area contributed by atoms with Gasteiger partial charge in [0.25, 0.3) is 0 Å². The summed E-state index contributed by atoms with van der Waals surface area (Å²) in [5.41, 5.74) is 7.34. The van der Waals surface area contributed by atoms with Gasteiger partial charge in [-0.2, -0.15) is 0 Å². The number of pyridine rings is 1. The molecular formula is C6H6Br2N2. The Bertz CT molecular complexity index is 237. The van der Waals surface area contributed by atoms with Gasteiger partial charge in [0.15, 0.2) is 0 Å². The third kappa shape index (κ3) is 1.49. The van der Waals surface area contributed by atoms with Crippen molar-refractivity contribution in [1.82, 2.24) is 4.98 Å². The third-order valence-corrected chi connectivity index (χ3v) is 2.20. The predicted molar refractivity (Wildman–Crippen MR) is 48.8 cm³/mol. The molecule has 0 unspecified atom stereocenters. The predicted octanol–water partition coefficient (Wildman–Crippen LogP) is 2.50. The van der Waals surface area contributed by atoms with E-state index in [0.29, 0.717) is 10.3 Å². The maximum atomic E-state index is 5.62. The van der Waals surface area contributed by atoms with Crippen molar-refractivity contribution in [3.8, 4) is 0 Å². The molecule has 0 saturated carbocycles. The summed E-state index contributed by atoms with van der Waals surface area (Å²) in [6.07, 6.45) is 0. The highest BCUT2D eigenvalue weighted by molar-refractivity contribution is 9.11. The molecule has 54 valence electrons. The zero-order valence-corrected chi connectivity index (χ0v) is 8.53. The molecule has 0 aliphatic rings. The topological polar surface area (TPSA) is 38.9 Å². The first-order valence-electron chi connectivity index (χ1n) is 2.69. The summed E-state index contributed by atoms with van der Waals surface area (Å²) in [6, 6.07) is 1.88. The van der Waals surface area contributed by atoms with E-state index in [4.69, 9.17) is 5.73 Å². The number of aromatic nitrogens is 1. The Morgan fingerprint density at radius 3 is 2.60 bits per heavy atom. The van der Waals surface area contributed by atoms with Gasteiger partial charge in [-0.25, -0.2) is 4.98 Å². The molecule has 0 aromatic carbocycles. The van der Waals surface area contributed by atoms with Crippen molar-refractivity contribution in [3.63, 3.8) is 0 Å². The number of aryl methyl sites for hydroxylation is 1. The number of hydrogen-bond acceptors (Lipinski definition) is 2. The highest BCUT2D eigenvalue weighted by Crippen LogP contribution is 2.23. The number of halogens is 2. The molecule has 0 fully saturated rings. The van der Waals surface area contributed by atoms with Crippen LogP contribution in [0.15, 0.2) is 15.3 Å². The summed E-state index contributed by atoms with van der Waals surface area (Å²) in [5.74, 6) is 0. The van der Waals surface area contributed by atoms with Crippen molar-refractivity contribution in [3.05, 3.63) is 20.8 Å². The lowest BCUT2D eigenvalue weighted by Crippen LogP contribution is -1.93. The molecule has 4 heteroatoms. The van der Waals surface area contributed by atoms with Gasteiger partial charge in [-0.1, -0.05) is 0 Å². The number of nitrogens with zero attached hydrogens (tertiary/aromatic N) is 1. The quantitative estimate of drug-likeness (QED) is 0.732. The fourth-order valence-corrected chi connectivity index (χ4v) is 1.87. The minimum Gasteiger partial charge on any atom is -0.396 e. The minimum atomic E-state index is 0.694. The molecule has 1 heterocycles. The van der Waals surface area contributed by atoms with Crippen LogP contribution >= 0.6 is 31.9 Å². The molecule has 1 aromatic rings. The highest BCUT2D eigenvalue weighted by Gasteiger charge is 2.00. The van der Waals surface area contributed by atoms with Gasteiger partial charge in [0.05, 0.1) is 5.69 Å². The van der Waals surface area contributed by atoms with Gasteiger partial charge in [0.1, 0.15) is 9.21 Å². The van der Waals surface area contributed by atoms with Gasteiger partial charge in [0, 0.05) is 0 Å². The van der Waals surface area contributed by atoms with E-state index in [1.165, 1.54) is 0 Å². The van der Waals surface area contributed by atoms with E-state index in [-0.39, 0.29) is 0 Å². The zero-order chi connectivity index (χ0) is 7.72. The fourth-order valence-electron chi connectivity index (χ4n) is 0.605. The van der Waals surface area contributed by atoms with Crippen LogP contribution in [-0.2, 0) is 0 Å². The first-order valence-corrected chi connectivity index (χ1v) is 4.28. The van der Waals surface area contributed by atoms with Crippen LogP contribution in [0.4, 0.5) is 5.69 Å². The van der Waals surface area contributed by atoms with E-state index in [1.807, 2.05) is 13.0 Å². The maximum Gasteiger partial charge on any atom is 0.130 e. The summed E-state index contributed by atoms with van der Waals surface area (Å²) in [7, 11) is 0. The van der Waals surface area contributed by atoms with Gasteiger partial charge < -0.3 is 5.73 Å². The van der Waals surface area contributed by atoms with Crippen molar-refractivity contribution >= 4 is 37.5 Å². The summed E-state index contributed by atoms with van der Waals surface area (Å²) >= 11 is 6.48. The number of nitrogen functional groups attached to an aromatic ring is 1. The molecule has 0 spiro atoms. The van der Waals surface area contributed by atoms with Crippen molar-refractivity contribution in [1.29, 1.82) is 0 Å². The Hall–Kier alpha value is -0.0900. The lowest BCUT2D eigenvalue weighted by atomic mass is 10.3. The van der Waals surface area contributed by atoms with Crippen LogP contribution < -0.4 is 5.73 Å². The largest absolute Gasteiger partial charge is 0.396 e. The second kappa shape index (κ2) is 2.88. The first-order chi connectivity index (χ1) is 4.61. The fraction of sp³-hybridized carbons (Fsp3) is 0.167. The van der Waals surface area contributed by atoms with Gasteiger partial charge in [-0.05, 0) is 50.4 Å². The molecule has 10 heavy (non-hydrogen) atoms. The van der Waals surface area contributed by atoms with E-state index in [0.717, 1.165) is 10.2 Å². The highest BCUT2D eigenvalue weighted by atomic mass is 79.9. The number of hydrogen-bond donors (Lipinski definition) is 1. The Labute approximate surface area is 76.1 Å². The zero-order valence-electron chi connectivity index (χ0n) is 5.36. The smallest absolute Gasteiger partial charge is 0.130 e. The molecule has 1 aromatic heterocycles. The molecule has 0 aliphatic heterocycles. The van der Waals surface area contributed by atoms with Crippen molar-refractivity contribution in [2.45, 2.75) is 6.92 Å². The van der Waals surface area contributed by atoms with Crippen LogP contribution in [0.3, 0.4) is 0 Å². The summed E-state index contributed by atoms with van der Waals surface area (Å²) < 4.78 is 1.49. The molecule has 0 radical (unpaired) electrons. The first kappa shape index (κ1) is 8.01. The van der Waals surface area contributed by atoms with Crippen LogP contribution in [-0.4, -0.2) is 4.98 Å². The van der Waals surface area contributed by atoms with E-state index in [2.05, 4.69) is 36.8 Å². The molecule has 2 nitrogen and oxygen atoms in total. The van der Waals surface area contributed by atoms with Crippen molar-refractivity contribution in [2.24, 2.45) is 0 Å². The van der Waals surface area contributed by atoms with Crippen LogP contribution in [0.2, 0.25) is 0 Å². The lowest BCUT2D eigenvalue weighted by Gasteiger charge is -2.01. The Balaban J connectivity index is 3.31. The van der Waals surface area contributed by atoms with Crippen LogP contribution in [0.1, 0.15) is 5.56 Å². The number of anilines is 1. The minimum absolute atomic E-state index is 0.694. The molecule has 0 bridgehead atoms. The normalized spacial score (nSPS) is 9.90. The van der Waals surface area contributed by atoms with Crippen LogP contribution in [0.5, 0.6) is 0 Å². The van der Waals surface area contributed by atoms with Gasteiger partial charge >= 0.3 is 0 Å².